The highest BCUT2D eigenvalue weighted by Crippen LogP contribution is 2.18. The van der Waals surface area contributed by atoms with Crippen molar-refractivity contribution in [2.24, 2.45) is 0 Å². The van der Waals surface area contributed by atoms with Crippen LogP contribution in [0, 0.1) is 0 Å². The van der Waals surface area contributed by atoms with Gasteiger partial charge in [0.15, 0.2) is 13.2 Å². The number of carbonyl (C=O) groups is 1. The summed E-state index contributed by atoms with van der Waals surface area (Å²) >= 11 is 0. The van der Waals surface area contributed by atoms with E-state index in [0.29, 0.717) is 11.6 Å². The fraction of sp³-hybridized carbons (Fsp3) is 0.211. The Hall–Kier alpha value is -3.15. The average molecular weight is 338 g/mol. The molecule has 1 aromatic heterocycles. The van der Waals surface area contributed by atoms with Gasteiger partial charge in [0.2, 0.25) is 5.82 Å². The Morgan fingerprint density at radius 2 is 1.84 bits per heavy atom. The molecule has 6 nitrogen and oxygen atoms in total. The van der Waals surface area contributed by atoms with Gasteiger partial charge in [-0.2, -0.15) is 4.98 Å². The largest absolute Gasteiger partial charge is 0.482 e. The summed E-state index contributed by atoms with van der Waals surface area (Å²) in [6.45, 7) is 1.77. The van der Waals surface area contributed by atoms with Gasteiger partial charge in [-0.1, -0.05) is 60.6 Å². The molecule has 0 aliphatic rings. The number of ether oxygens (including phenoxy) is 2. The van der Waals surface area contributed by atoms with Gasteiger partial charge in [-0.25, -0.2) is 4.79 Å². The fourth-order valence-electron chi connectivity index (χ4n) is 2.28. The second-order valence-corrected chi connectivity index (χ2v) is 5.29. The van der Waals surface area contributed by atoms with E-state index in [1.165, 1.54) is 0 Å². The Morgan fingerprint density at radius 1 is 1.08 bits per heavy atom. The number of carbonyl (C=O) groups excluding carboxylic acids is 1. The summed E-state index contributed by atoms with van der Waals surface area (Å²) in [6, 6.07) is 17.0. The lowest BCUT2D eigenvalue weighted by atomic mass is 10.1. The zero-order valence-electron chi connectivity index (χ0n) is 13.8. The minimum Gasteiger partial charge on any atom is -0.482 e. The third-order valence-electron chi connectivity index (χ3n) is 3.56. The quantitative estimate of drug-likeness (QED) is 0.615. The van der Waals surface area contributed by atoms with Crippen LogP contribution in [-0.4, -0.2) is 22.7 Å². The smallest absolute Gasteiger partial charge is 0.344 e. The van der Waals surface area contributed by atoms with Crippen molar-refractivity contribution in [1.29, 1.82) is 0 Å². The molecule has 0 saturated carbocycles. The van der Waals surface area contributed by atoms with E-state index < -0.39 is 5.97 Å². The molecule has 3 aromatic rings. The van der Waals surface area contributed by atoms with Crippen LogP contribution in [-0.2, 0) is 22.6 Å². The van der Waals surface area contributed by atoms with Gasteiger partial charge in [-0.3, -0.25) is 0 Å². The van der Waals surface area contributed by atoms with E-state index in [1.807, 2.05) is 61.5 Å². The molecule has 0 aliphatic carbocycles. The molecule has 0 atom stereocenters. The van der Waals surface area contributed by atoms with Crippen LogP contribution in [0.15, 0.2) is 59.1 Å². The number of para-hydroxylation sites is 1. The standard InChI is InChI=1S/C19H18N2O4/c1-2-14-8-6-7-11-16(14)23-13-18(22)24-12-17-20-19(21-25-17)15-9-4-3-5-10-15/h3-11H,2,12-13H2,1H3. The molecule has 2 aromatic carbocycles. The first-order chi connectivity index (χ1) is 12.3. The first kappa shape index (κ1) is 16.7. The highest BCUT2D eigenvalue weighted by atomic mass is 16.6. The minimum atomic E-state index is -0.495. The predicted octanol–water partition coefficient (Wildman–Crippen LogP) is 3.42. The molecular weight excluding hydrogens is 320 g/mol. The molecule has 0 radical (unpaired) electrons. The summed E-state index contributed by atoms with van der Waals surface area (Å²) in [6.07, 6.45) is 0.829. The van der Waals surface area contributed by atoms with Gasteiger partial charge in [0.1, 0.15) is 5.75 Å². The normalized spacial score (nSPS) is 10.4. The minimum absolute atomic E-state index is 0.0859. The maximum atomic E-state index is 11.8. The maximum absolute atomic E-state index is 11.8. The summed E-state index contributed by atoms with van der Waals surface area (Å²) in [5.41, 5.74) is 1.88. The van der Waals surface area contributed by atoms with E-state index >= 15 is 0 Å². The lowest BCUT2D eigenvalue weighted by Crippen LogP contribution is -2.15. The van der Waals surface area contributed by atoms with Crippen LogP contribution in [0.1, 0.15) is 18.4 Å². The van der Waals surface area contributed by atoms with Gasteiger partial charge in [0.25, 0.3) is 5.89 Å². The molecule has 0 amide bonds. The Labute approximate surface area is 145 Å². The topological polar surface area (TPSA) is 74.5 Å². The van der Waals surface area contributed by atoms with E-state index in [0.717, 1.165) is 17.5 Å². The second-order valence-electron chi connectivity index (χ2n) is 5.29. The highest BCUT2D eigenvalue weighted by molar-refractivity contribution is 5.71. The lowest BCUT2D eigenvalue weighted by molar-refractivity contribution is -0.148. The van der Waals surface area contributed by atoms with Crippen LogP contribution in [0.25, 0.3) is 11.4 Å². The van der Waals surface area contributed by atoms with Gasteiger partial charge < -0.3 is 14.0 Å². The van der Waals surface area contributed by atoms with Crippen molar-refractivity contribution in [3.63, 3.8) is 0 Å². The Bertz CT molecular complexity index is 830. The molecule has 25 heavy (non-hydrogen) atoms. The third kappa shape index (κ3) is 4.44. The molecule has 0 unspecified atom stereocenters. The zero-order chi connectivity index (χ0) is 17.5. The molecule has 0 bridgehead atoms. The molecule has 128 valence electrons. The SMILES string of the molecule is CCc1ccccc1OCC(=O)OCc1nc(-c2ccccc2)no1. The van der Waals surface area contributed by atoms with Crippen molar-refractivity contribution in [3.8, 4) is 17.1 Å². The van der Waals surface area contributed by atoms with E-state index in [4.69, 9.17) is 14.0 Å². The number of benzene rings is 2. The monoisotopic (exact) mass is 338 g/mol. The van der Waals surface area contributed by atoms with Crippen molar-refractivity contribution in [2.45, 2.75) is 20.0 Å². The van der Waals surface area contributed by atoms with Crippen LogP contribution < -0.4 is 4.74 Å². The summed E-state index contributed by atoms with van der Waals surface area (Å²) < 4.78 is 15.7. The predicted molar refractivity (Wildman–Crippen MR) is 90.8 cm³/mol. The van der Waals surface area contributed by atoms with E-state index in [-0.39, 0.29) is 19.1 Å². The van der Waals surface area contributed by atoms with E-state index in [9.17, 15) is 4.79 Å². The van der Waals surface area contributed by atoms with Gasteiger partial charge in [-0.15, -0.1) is 0 Å². The van der Waals surface area contributed by atoms with Crippen LogP contribution >= 0.6 is 0 Å². The van der Waals surface area contributed by atoms with Gasteiger partial charge in [-0.05, 0) is 18.1 Å². The summed E-state index contributed by atoms with van der Waals surface area (Å²) in [5, 5.41) is 3.87. The van der Waals surface area contributed by atoms with Crippen molar-refractivity contribution < 1.29 is 18.8 Å². The second kappa shape index (κ2) is 8.10. The number of hydrogen-bond acceptors (Lipinski definition) is 6. The van der Waals surface area contributed by atoms with E-state index in [2.05, 4.69) is 10.1 Å². The number of rotatable bonds is 7. The average Bonchev–Trinajstić information content (AvgIpc) is 3.14. The number of aromatic nitrogens is 2. The molecule has 0 fully saturated rings. The van der Waals surface area contributed by atoms with Crippen LogP contribution in [0.5, 0.6) is 5.75 Å². The molecule has 0 aliphatic heterocycles. The lowest BCUT2D eigenvalue weighted by Gasteiger charge is -2.09. The first-order valence-electron chi connectivity index (χ1n) is 8.00. The van der Waals surface area contributed by atoms with Gasteiger partial charge in [0, 0.05) is 5.56 Å². The maximum Gasteiger partial charge on any atom is 0.344 e. The van der Waals surface area contributed by atoms with Crippen molar-refractivity contribution in [2.75, 3.05) is 6.61 Å². The summed E-state index contributed by atoms with van der Waals surface area (Å²) in [4.78, 5) is 16.0. The Balaban J connectivity index is 1.50. The highest BCUT2D eigenvalue weighted by Gasteiger charge is 2.12. The molecular formula is C19H18N2O4. The molecule has 0 N–H and O–H groups in total. The van der Waals surface area contributed by atoms with Crippen molar-refractivity contribution >= 4 is 5.97 Å². The molecule has 0 spiro atoms. The van der Waals surface area contributed by atoms with Gasteiger partial charge >= 0.3 is 5.97 Å². The Morgan fingerprint density at radius 3 is 2.64 bits per heavy atom. The number of aryl methyl sites for hydroxylation is 1. The van der Waals surface area contributed by atoms with Crippen LogP contribution in [0.3, 0.4) is 0 Å². The fourth-order valence-corrected chi connectivity index (χ4v) is 2.28. The van der Waals surface area contributed by atoms with Crippen LogP contribution in [0.4, 0.5) is 0 Å². The molecule has 1 heterocycles. The number of esters is 1. The Kier molecular flexibility index (Phi) is 5.41. The zero-order valence-corrected chi connectivity index (χ0v) is 13.8. The number of hydrogen-bond donors (Lipinski definition) is 0. The third-order valence-corrected chi connectivity index (χ3v) is 3.56. The number of nitrogens with zero attached hydrogens (tertiary/aromatic N) is 2. The molecule has 6 heteroatoms. The van der Waals surface area contributed by atoms with Crippen molar-refractivity contribution in [3.05, 3.63) is 66.1 Å². The molecule has 3 rings (SSSR count). The van der Waals surface area contributed by atoms with E-state index in [1.54, 1.807) is 0 Å². The van der Waals surface area contributed by atoms with Gasteiger partial charge in [0.05, 0.1) is 0 Å². The summed E-state index contributed by atoms with van der Waals surface area (Å²) in [7, 11) is 0. The van der Waals surface area contributed by atoms with Crippen molar-refractivity contribution in [1.82, 2.24) is 10.1 Å². The molecule has 0 saturated heterocycles. The van der Waals surface area contributed by atoms with Crippen LogP contribution in [0.2, 0.25) is 0 Å². The first-order valence-corrected chi connectivity index (χ1v) is 8.00. The summed E-state index contributed by atoms with van der Waals surface area (Å²) in [5.74, 6) is 0.886.